The molecule has 6 heteroatoms. The summed E-state index contributed by atoms with van der Waals surface area (Å²) in [5.74, 6) is 0.248. The van der Waals surface area contributed by atoms with Gasteiger partial charge in [0.15, 0.2) is 0 Å². The van der Waals surface area contributed by atoms with Crippen LogP contribution in [0.3, 0.4) is 0 Å². The summed E-state index contributed by atoms with van der Waals surface area (Å²) in [5.41, 5.74) is 1.58. The number of hydrogen-bond donors (Lipinski definition) is 3. The largest absolute Gasteiger partial charge is 0.491 e. The zero-order valence-electron chi connectivity index (χ0n) is 14.4. The van der Waals surface area contributed by atoms with Crippen molar-refractivity contribution in [3.63, 3.8) is 0 Å². The molecular formula is C20H20N2O4. The van der Waals surface area contributed by atoms with Gasteiger partial charge in [-0.2, -0.15) is 0 Å². The van der Waals surface area contributed by atoms with E-state index in [1.54, 1.807) is 30.3 Å². The number of aromatic amines is 1. The van der Waals surface area contributed by atoms with Crippen LogP contribution in [-0.2, 0) is 0 Å². The molecule has 2 aromatic carbocycles. The third-order valence-electron chi connectivity index (χ3n) is 3.93. The number of pyridine rings is 1. The SMILES string of the molecule is Cc1cccc(OCC(O)CNC(=O)c2cc(=O)[nH]c3ccccc23)c1. The number of aliphatic hydroxyl groups is 1. The zero-order chi connectivity index (χ0) is 18.5. The maximum Gasteiger partial charge on any atom is 0.252 e. The molecule has 0 radical (unpaired) electrons. The van der Waals surface area contributed by atoms with Crippen LogP contribution in [-0.4, -0.2) is 35.3 Å². The molecule has 0 aliphatic heterocycles. The molecule has 0 aliphatic rings. The Balaban J connectivity index is 1.61. The van der Waals surface area contributed by atoms with Crippen molar-refractivity contribution in [3.8, 4) is 5.75 Å². The fourth-order valence-corrected chi connectivity index (χ4v) is 2.65. The van der Waals surface area contributed by atoms with Crippen molar-refractivity contribution in [1.82, 2.24) is 10.3 Å². The summed E-state index contributed by atoms with van der Waals surface area (Å²) >= 11 is 0. The van der Waals surface area contributed by atoms with Crippen LogP contribution in [0.4, 0.5) is 0 Å². The van der Waals surface area contributed by atoms with E-state index in [0.717, 1.165) is 5.56 Å². The van der Waals surface area contributed by atoms with Crippen molar-refractivity contribution < 1.29 is 14.6 Å². The summed E-state index contributed by atoms with van der Waals surface area (Å²) in [5, 5.41) is 13.3. The number of fused-ring (bicyclic) bond motifs is 1. The number of hydrogen-bond acceptors (Lipinski definition) is 4. The van der Waals surface area contributed by atoms with Crippen molar-refractivity contribution in [1.29, 1.82) is 0 Å². The number of nitrogens with one attached hydrogen (secondary N) is 2. The van der Waals surface area contributed by atoms with Gasteiger partial charge in [0, 0.05) is 23.5 Å². The lowest BCUT2D eigenvalue weighted by Crippen LogP contribution is -2.35. The Morgan fingerprint density at radius 3 is 2.81 bits per heavy atom. The highest BCUT2D eigenvalue weighted by Gasteiger charge is 2.13. The van der Waals surface area contributed by atoms with Crippen molar-refractivity contribution in [2.24, 2.45) is 0 Å². The Labute approximate surface area is 150 Å². The van der Waals surface area contributed by atoms with E-state index in [1.807, 2.05) is 25.1 Å². The van der Waals surface area contributed by atoms with Gasteiger partial charge < -0.3 is 20.1 Å². The van der Waals surface area contributed by atoms with E-state index in [0.29, 0.717) is 16.7 Å². The van der Waals surface area contributed by atoms with Gasteiger partial charge in [0.1, 0.15) is 18.5 Å². The minimum Gasteiger partial charge on any atom is -0.491 e. The van der Waals surface area contributed by atoms with E-state index >= 15 is 0 Å². The molecule has 0 bridgehead atoms. The van der Waals surface area contributed by atoms with Crippen LogP contribution in [0.15, 0.2) is 59.4 Å². The number of para-hydroxylation sites is 1. The van der Waals surface area contributed by atoms with Crippen molar-refractivity contribution in [3.05, 3.63) is 76.1 Å². The molecule has 0 spiro atoms. The van der Waals surface area contributed by atoms with E-state index in [4.69, 9.17) is 4.74 Å². The lowest BCUT2D eigenvalue weighted by molar-refractivity contribution is 0.0845. The molecule has 3 N–H and O–H groups in total. The molecule has 3 aromatic rings. The van der Waals surface area contributed by atoms with Crippen LogP contribution in [0.5, 0.6) is 5.75 Å². The summed E-state index contributed by atoms with van der Waals surface area (Å²) in [6, 6.07) is 15.8. The number of benzene rings is 2. The van der Waals surface area contributed by atoms with E-state index in [2.05, 4.69) is 10.3 Å². The molecule has 1 unspecified atom stereocenters. The smallest absolute Gasteiger partial charge is 0.252 e. The number of amides is 1. The molecule has 3 rings (SSSR count). The maximum atomic E-state index is 12.4. The fraction of sp³-hybridized carbons (Fsp3) is 0.200. The minimum atomic E-state index is -0.868. The van der Waals surface area contributed by atoms with Gasteiger partial charge in [0.25, 0.3) is 5.91 Å². The first kappa shape index (κ1) is 17.7. The third kappa shape index (κ3) is 4.29. The Kier molecular flexibility index (Phi) is 5.34. The Morgan fingerprint density at radius 2 is 2.00 bits per heavy atom. The average Bonchev–Trinajstić information content (AvgIpc) is 2.63. The summed E-state index contributed by atoms with van der Waals surface area (Å²) in [4.78, 5) is 26.8. The quantitative estimate of drug-likeness (QED) is 0.633. The van der Waals surface area contributed by atoms with Gasteiger partial charge in [0.05, 0.1) is 5.56 Å². The van der Waals surface area contributed by atoms with E-state index in [1.165, 1.54) is 6.07 Å². The molecule has 1 heterocycles. The molecule has 0 saturated carbocycles. The number of rotatable bonds is 6. The van der Waals surface area contributed by atoms with Gasteiger partial charge in [-0.1, -0.05) is 30.3 Å². The average molecular weight is 352 g/mol. The van der Waals surface area contributed by atoms with Crippen LogP contribution in [0, 0.1) is 6.92 Å². The molecule has 1 atom stereocenters. The van der Waals surface area contributed by atoms with Crippen LogP contribution in [0.2, 0.25) is 0 Å². The first-order valence-corrected chi connectivity index (χ1v) is 8.31. The van der Waals surface area contributed by atoms with E-state index in [-0.39, 0.29) is 24.3 Å². The molecule has 0 fully saturated rings. The first-order valence-electron chi connectivity index (χ1n) is 8.31. The van der Waals surface area contributed by atoms with Crippen molar-refractivity contribution in [2.75, 3.05) is 13.2 Å². The predicted molar refractivity (Wildman–Crippen MR) is 99.6 cm³/mol. The molecule has 6 nitrogen and oxygen atoms in total. The third-order valence-corrected chi connectivity index (χ3v) is 3.93. The Bertz CT molecular complexity index is 981. The molecule has 0 aliphatic carbocycles. The van der Waals surface area contributed by atoms with Crippen LogP contribution in [0.25, 0.3) is 10.9 Å². The van der Waals surface area contributed by atoms with Crippen molar-refractivity contribution >= 4 is 16.8 Å². The minimum absolute atomic E-state index is 0.0196. The lowest BCUT2D eigenvalue weighted by Gasteiger charge is -2.14. The number of aryl methyl sites for hydroxylation is 1. The number of ether oxygens (including phenoxy) is 1. The highest BCUT2D eigenvalue weighted by atomic mass is 16.5. The molecule has 134 valence electrons. The summed E-state index contributed by atoms with van der Waals surface area (Å²) in [6.07, 6.45) is -0.868. The second-order valence-corrected chi connectivity index (χ2v) is 6.08. The number of carbonyl (C=O) groups is 1. The summed E-state index contributed by atoms with van der Waals surface area (Å²) in [7, 11) is 0. The standard InChI is InChI=1S/C20H20N2O4/c1-13-5-4-6-15(9-13)26-12-14(23)11-21-20(25)17-10-19(24)22-18-8-3-2-7-16(17)18/h2-10,14,23H,11-12H2,1H3,(H,21,25)(H,22,24). The van der Waals surface area contributed by atoms with Crippen molar-refractivity contribution in [2.45, 2.75) is 13.0 Å². The highest BCUT2D eigenvalue weighted by molar-refractivity contribution is 6.05. The number of carbonyl (C=O) groups excluding carboxylic acids is 1. The van der Waals surface area contributed by atoms with Crippen LogP contribution in [0.1, 0.15) is 15.9 Å². The van der Waals surface area contributed by atoms with Crippen LogP contribution >= 0.6 is 0 Å². The lowest BCUT2D eigenvalue weighted by atomic mass is 10.1. The molecular weight excluding hydrogens is 332 g/mol. The fourth-order valence-electron chi connectivity index (χ4n) is 2.65. The second kappa shape index (κ2) is 7.84. The molecule has 0 saturated heterocycles. The molecule has 26 heavy (non-hydrogen) atoms. The Hall–Kier alpha value is -3.12. The number of H-pyrrole nitrogens is 1. The monoisotopic (exact) mass is 352 g/mol. The number of aromatic nitrogens is 1. The normalized spacial score (nSPS) is 11.9. The summed E-state index contributed by atoms with van der Waals surface area (Å²) < 4.78 is 5.52. The maximum absolute atomic E-state index is 12.4. The first-order chi connectivity index (χ1) is 12.5. The summed E-state index contributed by atoms with van der Waals surface area (Å²) in [6.45, 7) is 2.03. The number of aliphatic hydroxyl groups excluding tert-OH is 1. The van der Waals surface area contributed by atoms with Gasteiger partial charge >= 0.3 is 0 Å². The predicted octanol–water partition coefficient (Wildman–Crippen LogP) is 2.01. The Morgan fingerprint density at radius 1 is 1.19 bits per heavy atom. The van der Waals surface area contributed by atoms with Gasteiger partial charge in [-0.3, -0.25) is 9.59 Å². The molecule has 1 amide bonds. The van der Waals surface area contributed by atoms with E-state index in [9.17, 15) is 14.7 Å². The van der Waals surface area contributed by atoms with Gasteiger partial charge in [-0.25, -0.2) is 0 Å². The second-order valence-electron chi connectivity index (χ2n) is 6.08. The van der Waals surface area contributed by atoms with Gasteiger partial charge in [-0.15, -0.1) is 0 Å². The molecule has 1 aromatic heterocycles. The van der Waals surface area contributed by atoms with Gasteiger partial charge in [-0.05, 0) is 30.7 Å². The van der Waals surface area contributed by atoms with E-state index < -0.39 is 12.0 Å². The highest BCUT2D eigenvalue weighted by Crippen LogP contribution is 2.14. The van der Waals surface area contributed by atoms with Crippen LogP contribution < -0.4 is 15.6 Å². The topological polar surface area (TPSA) is 91.4 Å². The zero-order valence-corrected chi connectivity index (χ0v) is 14.4. The van der Waals surface area contributed by atoms with Gasteiger partial charge in [0.2, 0.25) is 5.56 Å².